The Balaban J connectivity index is 2.10. The maximum absolute atomic E-state index is 5.50. The van der Waals surface area contributed by atoms with Gasteiger partial charge in [0.05, 0.1) is 7.11 Å². The predicted molar refractivity (Wildman–Crippen MR) is 66.0 cm³/mol. The van der Waals surface area contributed by atoms with Gasteiger partial charge in [0.2, 0.25) is 5.88 Å². The average molecular weight is 244 g/mol. The fourth-order valence-corrected chi connectivity index (χ4v) is 3.82. The smallest absolute Gasteiger partial charge is 0.235 e. The lowest BCUT2D eigenvalue weighted by atomic mass is 9.86. The molecule has 0 aromatic carbocycles. The number of methoxy groups -OCH3 is 1. The highest BCUT2D eigenvalue weighted by atomic mass is 16.5. The maximum Gasteiger partial charge on any atom is 0.235 e. The summed E-state index contributed by atoms with van der Waals surface area (Å²) in [4.78, 5) is 0. The highest BCUT2D eigenvalue weighted by Crippen LogP contribution is 2.58. The molecule has 18 heavy (non-hydrogen) atoms. The maximum atomic E-state index is 5.50. The van der Waals surface area contributed by atoms with Crippen LogP contribution >= 0.6 is 0 Å². The molecule has 2 aliphatic carbocycles. The fraction of sp³-hybridized carbons (Fsp3) is 0.615. The molecule has 2 bridgehead atoms. The number of ether oxygens (including phenoxy) is 1. The normalized spacial score (nSPS) is 28.9. The number of hydrogen-bond acceptors (Lipinski definition) is 4. The molecule has 0 N–H and O–H groups in total. The van der Waals surface area contributed by atoms with E-state index in [1.165, 1.54) is 24.0 Å². The monoisotopic (exact) mass is 244 g/mol. The van der Waals surface area contributed by atoms with Crippen molar-refractivity contribution in [2.24, 2.45) is 5.92 Å². The van der Waals surface area contributed by atoms with Gasteiger partial charge in [0.15, 0.2) is 11.5 Å². The highest BCUT2D eigenvalue weighted by Gasteiger charge is 2.46. The van der Waals surface area contributed by atoms with Crippen molar-refractivity contribution in [3.05, 3.63) is 17.0 Å². The molecule has 2 aliphatic rings. The molecule has 2 heterocycles. The molecule has 2 aromatic heterocycles. The van der Waals surface area contributed by atoms with E-state index < -0.39 is 0 Å². The topological polar surface area (TPSA) is 52.3 Å². The number of nitrogens with zero attached hydrogens (tertiary/aromatic N) is 4. The minimum absolute atomic E-state index is 0.592. The van der Waals surface area contributed by atoms with E-state index in [2.05, 4.69) is 22.2 Å². The van der Waals surface area contributed by atoms with Crippen LogP contribution in [0.1, 0.15) is 48.6 Å². The average Bonchev–Trinajstić information content (AvgIpc) is 3.01. The summed E-state index contributed by atoms with van der Waals surface area (Å²) in [7, 11) is 1.70. The van der Waals surface area contributed by atoms with Crippen LogP contribution in [-0.4, -0.2) is 26.9 Å². The first-order valence-corrected chi connectivity index (χ1v) is 6.50. The van der Waals surface area contributed by atoms with Crippen LogP contribution in [0.25, 0.3) is 5.65 Å². The first-order chi connectivity index (χ1) is 8.70. The lowest BCUT2D eigenvalue weighted by Gasteiger charge is -2.22. The quantitative estimate of drug-likeness (QED) is 0.770. The van der Waals surface area contributed by atoms with Crippen LogP contribution in [0.15, 0.2) is 0 Å². The van der Waals surface area contributed by atoms with Crippen LogP contribution in [0.3, 0.4) is 0 Å². The van der Waals surface area contributed by atoms with Crippen molar-refractivity contribution in [3.8, 4) is 5.88 Å². The van der Waals surface area contributed by atoms with Gasteiger partial charge in [-0.1, -0.05) is 6.92 Å². The highest BCUT2D eigenvalue weighted by molar-refractivity contribution is 5.61. The lowest BCUT2D eigenvalue weighted by molar-refractivity contribution is 0.372. The van der Waals surface area contributed by atoms with E-state index in [1.54, 1.807) is 7.11 Å². The number of aryl methyl sites for hydroxylation is 1. The van der Waals surface area contributed by atoms with E-state index in [1.807, 2.05) is 11.4 Å². The Morgan fingerprint density at radius 1 is 1.22 bits per heavy atom. The molecular weight excluding hydrogens is 228 g/mol. The molecule has 0 radical (unpaired) electrons. The third-order valence-corrected chi connectivity index (χ3v) is 4.60. The number of aromatic nitrogens is 4. The van der Waals surface area contributed by atoms with Crippen LogP contribution in [-0.2, 0) is 0 Å². The molecule has 2 aromatic rings. The summed E-state index contributed by atoms with van der Waals surface area (Å²) in [5.74, 6) is 3.52. The first kappa shape index (κ1) is 10.3. The van der Waals surface area contributed by atoms with Crippen molar-refractivity contribution in [2.75, 3.05) is 7.11 Å². The lowest BCUT2D eigenvalue weighted by Crippen LogP contribution is -2.13. The molecule has 5 heteroatoms. The van der Waals surface area contributed by atoms with Gasteiger partial charge in [-0.05, 0) is 37.5 Å². The molecule has 0 saturated heterocycles. The van der Waals surface area contributed by atoms with E-state index >= 15 is 0 Å². The Hall–Kier alpha value is -1.65. The minimum Gasteiger partial charge on any atom is -0.480 e. The van der Waals surface area contributed by atoms with E-state index in [4.69, 9.17) is 4.74 Å². The van der Waals surface area contributed by atoms with Crippen molar-refractivity contribution in [1.29, 1.82) is 0 Å². The molecular formula is C13H16N4O. The standard InChI is InChI=1S/C13H16N4O/c1-6-4-8-5-9(6)11-10(8)12-15-14-7(2)17(12)16-13(11)18-3/h6,8-9H,4-5H2,1-3H3. The molecule has 1 fully saturated rings. The Kier molecular flexibility index (Phi) is 1.84. The van der Waals surface area contributed by atoms with Crippen molar-refractivity contribution < 1.29 is 4.74 Å². The van der Waals surface area contributed by atoms with E-state index in [9.17, 15) is 0 Å². The predicted octanol–water partition coefficient (Wildman–Crippen LogP) is 2.05. The summed E-state index contributed by atoms with van der Waals surface area (Å²) in [6.45, 7) is 4.25. The molecule has 1 saturated carbocycles. The van der Waals surface area contributed by atoms with Gasteiger partial charge < -0.3 is 4.74 Å². The Morgan fingerprint density at radius 3 is 2.83 bits per heavy atom. The SMILES string of the molecule is COc1nn2c(C)nnc2c2c1C1CC2CC1C. The molecule has 3 unspecified atom stereocenters. The third kappa shape index (κ3) is 1.05. The van der Waals surface area contributed by atoms with Gasteiger partial charge in [0, 0.05) is 11.1 Å². The number of rotatable bonds is 1. The number of hydrogen-bond donors (Lipinski definition) is 0. The van der Waals surface area contributed by atoms with Crippen LogP contribution < -0.4 is 4.74 Å². The van der Waals surface area contributed by atoms with Gasteiger partial charge in [-0.2, -0.15) is 4.52 Å². The van der Waals surface area contributed by atoms with Gasteiger partial charge in [-0.25, -0.2) is 0 Å². The van der Waals surface area contributed by atoms with E-state index in [-0.39, 0.29) is 0 Å². The van der Waals surface area contributed by atoms with Gasteiger partial charge in [0.1, 0.15) is 0 Å². The van der Waals surface area contributed by atoms with E-state index in [0.29, 0.717) is 11.8 Å². The summed E-state index contributed by atoms with van der Waals surface area (Å²) in [5, 5.41) is 13.0. The zero-order chi connectivity index (χ0) is 12.4. The largest absolute Gasteiger partial charge is 0.480 e. The van der Waals surface area contributed by atoms with Crippen molar-refractivity contribution in [3.63, 3.8) is 0 Å². The minimum atomic E-state index is 0.592. The molecule has 0 spiro atoms. The second kappa shape index (κ2) is 3.22. The second-order valence-corrected chi connectivity index (χ2v) is 5.57. The van der Waals surface area contributed by atoms with Gasteiger partial charge in [0.25, 0.3) is 0 Å². The summed E-state index contributed by atoms with van der Waals surface area (Å²) in [6, 6.07) is 0. The van der Waals surface area contributed by atoms with E-state index in [0.717, 1.165) is 23.3 Å². The molecule has 4 rings (SSSR count). The zero-order valence-electron chi connectivity index (χ0n) is 10.8. The Morgan fingerprint density at radius 2 is 2.06 bits per heavy atom. The summed E-state index contributed by atoms with van der Waals surface area (Å²) < 4.78 is 7.33. The second-order valence-electron chi connectivity index (χ2n) is 5.57. The third-order valence-electron chi connectivity index (χ3n) is 4.60. The van der Waals surface area contributed by atoms with Crippen LogP contribution in [0.2, 0.25) is 0 Å². The van der Waals surface area contributed by atoms with Crippen molar-refractivity contribution >= 4 is 5.65 Å². The van der Waals surface area contributed by atoms with Gasteiger partial charge in [-0.3, -0.25) is 0 Å². The van der Waals surface area contributed by atoms with Crippen LogP contribution in [0, 0.1) is 12.8 Å². The van der Waals surface area contributed by atoms with Crippen LogP contribution in [0.5, 0.6) is 5.88 Å². The molecule has 0 aliphatic heterocycles. The molecule has 3 atom stereocenters. The summed E-state index contributed by atoms with van der Waals surface area (Å²) >= 11 is 0. The number of fused-ring (bicyclic) bond motifs is 7. The zero-order valence-corrected chi connectivity index (χ0v) is 10.8. The van der Waals surface area contributed by atoms with Gasteiger partial charge >= 0.3 is 0 Å². The van der Waals surface area contributed by atoms with Crippen LogP contribution in [0.4, 0.5) is 0 Å². The Labute approximate surface area is 105 Å². The summed E-state index contributed by atoms with van der Waals surface area (Å²) in [6.07, 6.45) is 2.48. The Bertz CT molecular complexity index is 648. The first-order valence-electron chi connectivity index (χ1n) is 6.50. The van der Waals surface area contributed by atoms with Gasteiger partial charge in [-0.15, -0.1) is 15.3 Å². The van der Waals surface area contributed by atoms with Crippen molar-refractivity contribution in [1.82, 2.24) is 19.8 Å². The fourth-order valence-electron chi connectivity index (χ4n) is 3.82. The molecule has 0 amide bonds. The van der Waals surface area contributed by atoms with Crippen molar-refractivity contribution in [2.45, 2.75) is 38.5 Å². The molecule has 94 valence electrons. The summed E-state index contributed by atoms with van der Waals surface area (Å²) in [5.41, 5.74) is 3.56. The molecule has 5 nitrogen and oxygen atoms in total.